The van der Waals surface area contributed by atoms with Crippen molar-refractivity contribution >= 4 is 0 Å². The predicted molar refractivity (Wildman–Crippen MR) is 73.4 cm³/mol. The Morgan fingerprint density at radius 3 is 2.45 bits per heavy atom. The topological polar surface area (TPSA) is 66.0 Å². The van der Waals surface area contributed by atoms with Gasteiger partial charge in [-0.25, -0.2) is 0 Å². The molecular weight excluding hydrogens is 262 g/mol. The van der Waals surface area contributed by atoms with Crippen molar-refractivity contribution in [2.45, 2.75) is 38.9 Å². The van der Waals surface area contributed by atoms with E-state index in [1.54, 1.807) is 20.4 Å². The normalized spacial score (nSPS) is 42.1. The molecule has 0 saturated carbocycles. The second-order valence-corrected chi connectivity index (χ2v) is 6.58. The lowest BCUT2D eigenvalue weighted by molar-refractivity contribution is -0.901. The van der Waals surface area contributed by atoms with Gasteiger partial charge in [0.2, 0.25) is 6.23 Å². The van der Waals surface area contributed by atoms with Crippen molar-refractivity contribution in [2.24, 2.45) is 5.41 Å². The maximum Gasteiger partial charge on any atom is 0.234 e. The minimum absolute atomic E-state index is 0.209. The molecule has 20 heavy (non-hydrogen) atoms. The summed E-state index contributed by atoms with van der Waals surface area (Å²) in [6, 6.07) is 0. The SMILES string of the molecule is COC1C(OC)[N+](C)([O-])CN1C1(C(C)(C)C)C=CON1. The highest BCUT2D eigenvalue weighted by Crippen LogP contribution is 2.43. The molecule has 7 heteroatoms. The number of hydrogen-bond acceptors (Lipinski definition) is 6. The van der Waals surface area contributed by atoms with Crippen LogP contribution in [0.3, 0.4) is 0 Å². The maximum absolute atomic E-state index is 12.7. The van der Waals surface area contributed by atoms with Gasteiger partial charge in [0.25, 0.3) is 0 Å². The molecule has 116 valence electrons. The highest BCUT2D eigenvalue weighted by molar-refractivity contribution is 5.13. The van der Waals surface area contributed by atoms with Crippen molar-refractivity contribution in [3.05, 3.63) is 17.5 Å². The van der Waals surface area contributed by atoms with Gasteiger partial charge in [0.15, 0.2) is 6.23 Å². The lowest BCUT2D eigenvalue weighted by Gasteiger charge is -2.46. The molecular formula is C13H25N3O4. The standard InChI is InChI=1S/C13H25N3O4/c1-12(2,3)13(7-8-20-14-13)15-9-16(4,17)11(19-6)10(15)18-5/h7-8,10-11,14H,9H2,1-6H3. The third-order valence-electron chi connectivity index (χ3n) is 4.19. The third-order valence-corrected chi connectivity index (χ3v) is 4.19. The van der Waals surface area contributed by atoms with E-state index in [0.717, 1.165) is 0 Å². The minimum atomic E-state index is -0.620. The molecule has 0 aromatic heterocycles. The summed E-state index contributed by atoms with van der Waals surface area (Å²) >= 11 is 0. The van der Waals surface area contributed by atoms with Crippen molar-refractivity contribution in [1.82, 2.24) is 10.4 Å². The van der Waals surface area contributed by atoms with Gasteiger partial charge in [-0.05, 0) is 6.08 Å². The quantitative estimate of drug-likeness (QED) is 0.615. The third kappa shape index (κ3) is 2.14. The molecule has 0 spiro atoms. The average Bonchev–Trinajstić information content (AvgIpc) is 2.90. The van der Waals surface area contributed by atoms with Gasteiger partial charge in [0.05, 0.1) is 7.05 Å². The van der Waals surface area contributed by atoms with Crippen molar-refractivity contribution in [1.29, 1.82) is 0 Å². The molecule has 1 N–H and O–H groups in total. The first-order chi connectivity index (χ1) is 9.19. The number of quaternary nitrogens is 1. The fraction of sp³-hybridized carbons (Fsp3) is 0.846. The van der Waals surface area contributed by atoms with Gasteiger partial charge in [0.1, 0.15) is 18.6 Å². The van der Waals surface area contributed by atoms with E-state index in [1.807, 2.05) is 11.0 Å². The summed E-state index contributed by atoms with van der Waals surface area (Å²) in [6.07, 6.45) is 2.47. The molecule has 2 heterocycles. The molecule has 0 aromatic carbocycles. The Bertz CT molecular complexity index is 394. The van der Waals surface area contributed by atoms with Crippen molar-refractivity contribution < 1.29 is 19.0 Å². The Labute approximate surface area is 120 Å². The van der Waals surface area contributed by atoms with Crippen LogP contribution in [-0.4, -0.2) is 55.6 Å². The molecule has 2 aliphatic heterocycles. The van der Waals surface area contributed by atoms with Crippen LogP contribution < -0.4 is 5.48 Å². The van der Waals surface area contributed by atoms with Gasteiger partial charge in [-0.1, -0.05) is 20.8 Å². The van der Waals surface area contributed by atoms with Crippen LogP contribution in [0.5, 0.6) is 0 Å². The van der Waals surface area contributed by atoms with Gasteiger partial charge in [-0.3, -0.25) is 0 Å². The first-order valence-electron chi connectivity index (χ1n) is 6.69. The molecule has 0 aromatic rings. The fourth-order valence-corrected chi connectivity index (χ4v) is 3.06. The van der Waals surface area contributed by atoms with Gasteiger partial charge in [0, 0.05) is 19.6 Å². The van der Waals surface area contributed by atoms with E-state index in [4.69, 9.17) is 14.3 Å². The Balaban J connectivity index is 2.42. The summed E-state index contributed by atoms with van der Waals surface area (Å²) in [5.74, 6) is 0. The smallest absolute Gasteiger partial charge is 0.234 e. The average molecular weight is 287 g/mol. The number of ether oxygens (including phenoxy) is 2. The molecule has 0 radical (unpaired) electrons. The highest BCUT2D eigenvalue weighted by atomic mass is 16.7. The lowest BCUT2D eigenvalue weighted by Crippen LogP contribution is -2.65. The molecule has 0 bridgehead atoms. The number of hydrogen-bond donors (Lipinski definition) is 1. The summed E-state index contributed by atoms with van der Waals surface area (Å²) in [6.45, 7) is 6.50. The van der Waals surface area contributed by atoms with Crippen molar-refractivity contribution in [3.63, 3.8) is 0 Å². The zero-order valence-corrected chi connectivity index (χ0v) is 13.0. The molecule has 1 fully saturated rings. The van der Waals surface area contributed by atoms with Crippen LogP contribution in [-0.2, 0) is 14.3 Å². The molecule has 0 amide bonds. The monoisotopic (exact) mass is 287 g/mol. The number of methoxy groups -OCH3 is 2. The summed E-state index contributed by atoms with van der Waals surface area (Å²) in [5.41, 5.74) is 2.20. The second kappa shape index (κ2) is 4.94. The van der Waals surface area contributed by atoms with E-state index in [0.29, 0.717) is 0 Å². The van der Waals surface area contributed by atoms with Gasteiger partial charge < -0.3 is 24.2 Å². The Morgan fingerprint density at radius 1 is 1.40 bits per heavy atom. The Morgan fingerprint density at radius 2 is 2.05 bits per heavy atom. The number of nitrogens with zero attached hydrogens (tertiary/aromatic N) is 2. The summed E-state index contributed by atoms with van der Waals surface area (Å²) in [5, 5.41) is 12.7. The van der Waals surface area contributed by atoms with E-state index in [9.17, 15) is 5.21 Å². The largest absolute Gasteiger partial charge is 0.630 e. The maximum atomic E-state index is 12.7. The molecule has 2 rings (SSSR count). The Kier molecular flexibility index (Phi) is 3.87. The summed E-state index contributed by atoms with van der Waals surface area (Å²) < 4.78 is 10.4. The molecule has 1 saturated heterocycles. The van der Waals surface area contributed by atoms with Crippen LogP contribution in [0.15, 0.2) is 12.3 Å². The number of hydroxylamine groups is 4. The first kappa shape index (κ1) is 15.7. The van der Waals surface area contributed by atoms with Gasteiger partial charge >= 0.3 is 0 Å². The van der Waals surface area contributed by atoms with E-state index in [2.05, 4.69) is 26.3 Å². The number of likely N-dealkylation sites (N-methyl/N-ethyl adjacent to an activating group) is 1. The minimum Gasteiger partial charge on any atom is -0.630 e. The van der Waals surface area contributed by atoms with Crippen LogP contribution in [0.1, 0.15) is 20.8 Å². The molecule has 4 unspecified atom stereocenters. The van der Waals surface area contributed by atoms with Crippen LogP contribution in [0.4, 0.5) is 0 Å². The summed E-state index contributed by atoms with van der Waals surface area (Å²) in [7, 11) is 4.72. The van der Waals surface area contributed by atoms with E-state index in [1.165, 1.54) is 7.11 Å². The first-order valence-corrected chi connectivity index (χ1v) is 6.69. The van der Waals surface area contributed by atoms with Gasteiger partial charge in [-0.2, -0.15) is 4.90 Å². The van der Waals surface area contributed by atoms with Crippen molar-refractivity contribution in [2.75, 3.05) is 27.9 Å². The van der Waals surface area contributed by atoms with Gasteiger partial charge in [-0.15, -0.1) is 5.48 Å². The van der Waals surface area contributed by atoms with Crippen molar-refractivity contribution in [3.8, 4) is 0 Å². The van der Waals surface area contributed by atoms with E-state index in [-0.39, 0.29) is 12.1 Å². The van der Waals surface area contributed by atoms with E-state index >= 15 is 0 Å². The highest BCUT2D eigenvalue weighted by Gasteiger charge is 2.59. The Hall–Kier alpha value is -0.700. The molecule has 0 aliphatic carbocycles. The fourth-order valence-electron chi connectivity index (χ4n) is 3.06. The molecule has 4 atom stereocenters. The molecule has 2 aliphatic rings. The number of rotatable bonds is 3. The lowest BCUT2D eigenvalue weighted by atomic mass is 9.79. The van der Waals surface area contributed by atoms with Crippen LogP contribution in [0.25, 0.3) is 0 Å². The number of nitrogens with one attached hydrogen (secondary N) is 1. The molecule has 7 nitrogen and oxygen atoms in total. The summed E-state index contributed by atoms with van der Waals surface area (Å²) in [4.78, 5) is 7.22. The van der Waals surface area contributed by atoms with E-state index < -0.39 is 22.8 Å². The van der Waals surface area contributed by atoms with Crippen LogP contribution in [0, 0.1) is 10.6 Å². The van der Waals surface area contributed by atoms with Crippen LogP contribution >= 0.6 is 0 Å². The zero-order valence-electron chi connectivity index (χ0n) is 13.0. The second-order valence-electron chi connectivity index (χ2n) is 6.58. The predicted octanol–water partition coefficient (Wildman–Crippen LogP) is 0.940. The zero-order chi connectivity index (χ0) is 15.2. The van der Waals surface area contributed by atoms with Crippen LogP contribution in [0.2, 0.25) is 0 Å².